The van der Waals surface area contributed by atoms with Gasteiger partial charge in [-0.25, -0.2) is 0 Å². The first-order valence-electron chi connectivity index (χ1n) is 25.4. The summed E-state index contributed by atoms with van der Waals surface area (Å²) in [6, 6.07) is 2.66. The molecule has 298 valence electrons. The molecule has 0 spiro atoms. The Morgan fingerprint density at radius 2 is 0.679 bits per heavy atom. The zero-order valence-corrected chi connectivity index (χ0v) is 34.2. The number of hydrogen-bond acceptors (Lipinski definition) is 3. The maximum Gasteiger partial charge on any atom is 0.0648 e. The molecule has 0 saturated heterocycles. The van der Waals surface area contributed by atoms with Crippen LogP contribution in [0, 0.1) is 71.0 Å². The summed E-state index contributed by atoms with van der Waals surface area (Å²) in [6.07, 6.45) is 48.0. The lowest BCUT2D eigenvalue weighted by Crippen LogP contribution is -2.58. The zero-order valence-electron chi connectivity index (χ0n) is 34.2. The molecule has 11 aliphatic rings. The average Bonchev–Trinajstić information content (AvgIpc) is 3.74. The molecule has 11 saturated carbocycles. The molecule has 3 heteroatoms. The van der Waals surface area contributed by atoms with E-state index < -0.39 is 0 Å². The summed E-state index contributed by atoms with van der Waals surface area (Å²) < 4.78 is 16.0. The number of rotatable bonds is 7. The molecular weight excluding hydrogens is 647 g/mol. The van der Waals surface area contributed by atoms with Gasteiger partial charge in [-0.1, -0.05) is 109 Å². The first-order valence-corrected chi connectivity index (χ1v) is 25.4. The largest absolute Gasteiger partial charge is 0.374 e. The van der Waals surface area contributed by atoms with E-state index >= 15 is 0 Å². The molecule has 0 aromatic carbocycles. The highest BCUT2D eigenvalue weighted by molar-refractivity contribution is 5.19. The summed E-state index contributed by atoms with van der Waals surface area (Å²) in [5.74, 6) is 10.9. The second-order valence-electron chi connectivity index (χ2n) is 22.2. The summed E-state index contributed by atoms with van der Waals surface area (Å²) in [6.45, 7) is 0. The fraction of sp³-hybridized carbons (Fsp3) is 1.00. The summed E-state index contributed by atoms with van der Waals surface area (Å²) in [5.41, 5.74) is 0. The highest BCUT2D eigenvalue weighted by Crippen LogP contribution is 2.72. The Balaban J connectivity index is 0.989. The van der Waals surface area contributed by atoms with E-state index in [9.17, 15) is 0 Å². The summed E-state index contributed by atoms with van der Waals surface area (Å²) in [4.78, 5) is 3.36. The molecular formula is C50H81NO2. The topological polar surface area (TPSA) is 21.7 Å². The van der Waals surface area contributed by atoms with Gasteiger partial charge in [0, 0.05) is 18.1 Å². The van der Waals surface area contributed by atoms with Crippen molar-refractivity contribution >= 4 is 0 Å². The summed E-state index contributed by atoms with van der Waals surface area (Å²) in [5, 5.41) is 0. The molecule has 53 heavy (non-hydrogen) atoms. The molecule has 15 atom stereocenters. The van der Waals surface area contributed by atoms with Crippen molar-refractivity contribution in [3.05, 3.63) is 0 Å². The van der Waals surface area contributed by atoms with Gasteiger partial charge in [0.15, 0.2) is 0 Å². The summed E-state index contributed by atoms with van der Waals surface area (Å²) in [7, 11) is 0. The first kappa shape index (κ1) is 36.0. The van der Waals surface area contributed by atoms with Crippen molar-refractivity contribution in [1.29, 1.82) is 0 Å². The van der Waals surface area contributed by atoms with Gasteiger partial charge in [0.05, 0.1) is 24.4 Å². The average molecular weight is 728 g/mol. The van der Waals surface area contributed by atoms with Gasteiger partial charge in [0.2, 0.25) is 0 Å². The van der Waals surface area contributed by atoms with E-state index in [0.29, 0.717) is 24.4 Å². The van der Waals surface area contributed by atoms with Crippen LogP contribution in [-0.2, 0) is 9.47 Å². The Hall–Kier alpha value is -0.120. The second kappa shape index (κ2) is 15.6. The van der Waals surface area contributed by atoms with E-state index in [1.54, 1.807) is 19.3 Å². The zero-order chi connectivity index (χ0) is 34.9. The van der Waals surface area contributed by atoms with Gasteiger partial charge in [-0.05, 0) is 161 Å². The van der Waals surface area contributed by atoms with E-state index in [2.05, 4.69) is 4.90 Å². The Labute approximate surface area is 326 Å². The minimum atomic E-state index is 0.550. The highest BCUT2D eigenvalue weighted by Gasteiger charge is 2.71. The van der Waals surface area contributed by atoms with E-state index in [1.165, 1.54) is 180 Å². The van der Waals surface area contributed by atoms with Crippen LogP contribution in [0.15, 0.2) is 0 Å². The Morgan fingerprint density at radius 1 is 0.283 bits per heavy atom. The predicted molar refractivity (Wildman–Crippen MR) is 216 cm³/mol. The molecule has 0 radical (unpaired) electrons. The molecule has 0 N–H and O–H groups in total. The molecule has 0 aromatic heterocycles. The van der Waals surface area contributed by atoms with E-state index in [4.69, 9.17) is 9.47 Å². The van der Waals surface area contributed by atoms with Crippen molar-refractivity contribution in [2.24, 2.45) is 71.0 Å². The minimum Gasteiger partial charge on any atom is -0.374 e. The van der Waals surface area contributed by atoms with Crippen molar-refractivity contribution < 1.29 is 9.47 Å². The quantitative estimate of drug-likeness (QED) is 0.261. The van der Waals surface area contributed by atoms with Crippen LogP contribution in [0.4, 0.5) is 0 Å². The Morgan fingerprint density at radius 3 is 1.17 bits per heavy atom. The lowest BCUT2D eigenvalue weighted by Gasteiger charge is -2.55. The van der Waals surface area contributed by atoms with Crippen LogP contribution in [0.1, 0.15) is 199 Å². The van der Waals surface area contributed by atoms with Crippen LogP contribution < -0.4 is 0 Å². The fourth-order valence-corrected chi connectivity index (χ4v) is 18.8. The molecule has 11 aliphatic carbocycles. The maximum atomic E-state index is 7.99. The van der Waals surface area contributed by atoms with Crippen molar-refractivity contribution in [2.75, 3.05) is 0 Å². The molecule has 0 amide bonds. The Bertz CT molecular complexity index is 1140. The molecule has 3 nitrogen and oxygen atoms in total. The normalized spacial score (nSPS) is 49.6. The van der Waals surface area contributed by atoms with E-state index in [0.717, 1.165) is 89.1 Å². The lowest BCUT2D eigenvalue weighted by atomic mass is 9.59. The van der Waals surface area contributed by atoms with E-state index in [-0.39, 0.29) is 0 Å². The monoisotopic (exact) mass is 728 g/mol. The summed E-state index contributed by atoms with van der Waals surface area (Å²) >= 11 is 0. The molecule has 0 bridgehead atoms. The minimum absolute atomic E-state index is 0.550. The molecule has 0 heterocycles. The van der Waals surface area contributed by atoms with Crippen LogP contribution >= 0.6 is 0 Å². The van der Waals surface area contributed by atoms with Crippen LogP contribution in [-0.4, -0.2) is 47.4 Å². The van der Waals surface area contributed by atoms with Crippen molar-refractivity contribution in [3.8, 4) is 0 Å². The predicted octanol–water partition coefficient (Wildman–Crippen LogP) is 12.5. The SMILES string of the molecule is C1CCC(OC2C3C4CCCC5CCCC(C54)C3C(OC3CCCCC3)C3C4CCC(N(C5CCCCC5)C5CCCCC5)C5CCCC(C45)C23)CC1. The number of fused-ring (bicyclic) bond motifs is 6. The third kappa shape index (κ3) is 6.32. The fourth-order valence-electron chi connectivity index (χ4n) is 18.8. The maximum absolute atomic E-state index is 7.99. The smallest absolute Gasteiger partial charge is 0.0648 e. The van der Waals surface area contributed by atoms with Gasteiger partial charge in [0.1, 0.15) is 0 Å². The van der Waals surface area contributed by atoms with Gasteiger partial charge in [-0.2, -0.15) is 0 Å². The van der Waals surface area contributed by atoms with E-state index in [1.807, 2.05) is 0 Å². The molecule has 0 aromatic rings. The van der Waals surface area contributed by atoms with Gasteiger partial charge in [-0.3, -0.25) is 4.90 Å². The van der Waals surface area contributed by atoms with Crippen LogP contribution in [0.2, 0.25) is 0 Å². The standard InChI is InChI=1S/C50H81NO2/c1-5-18-33(19-6-1)51(34-20-7-2-8-21-34)42-31-30-41-44-37(42)26-15-29-40(44)47-48(41)50(53-36-24-11-4-12-25-36)46-39-28-14-17-32-16-13-27-38(43(32)39)45(46)49(47)52-35-22-9-3-10-23-35/h32-50H,1-31H2. The number of ether oxygens (including phenoxy) is 2. The highest BCUT2D eigenvalue weighted by atomic mass is 16.5. The van der Waals surface area contributed by atoms with Crippen LogP contribution in [0.3, 0.4) is 0 Å². The van der Waals surface area contributed by atoms with Crippen LogP contribution in [0.25, 0.3) is 0 Å². The second-order valence-corrected chi connectivity index (χ2v) is 22.2. The van der Waals surface area contributed by atoms with Gasteiger partial charge in [-0.15, -0.1) is 0 Å². The van der Waals surface area contributed by atoms with Gasteiger partial charge >= 0.3 is 0 Å². The Kier molecular flexibility index (Phi) is 10.6. The third-order valence-corrected chi connectivity index (χ3v) is 20.2. The molecule has 11 fully saturated rings. The van der Waals surface area contributed by atoms with Crippen molar-refractivity contribution in [2.45, 2.75) is 242 Å². The molecule has 11 rings (SSSR count). The third-order valence-electron chi connectivity index (χ3n) is 20.2. The molecule has 15 unspecified atom stereocenters. The lowest BCUT2D eigenvalue weighted by molar-refractivity contribution is -0.206. The van der Waals surface area contributed by atoms with Gasteiger partial charge < -0.3 is 9.47 Å². The number of nitrogens with zero attached hydrogens (tertiary/aromatic N) is 1. The first-order chi connectivity index (χ1) is 26.3. The number of hydrogen-bond donors (Lipinski definition) is 0. The van der Waals surface area contributed by atoms with Gasteiger partial charge in [0.25, 0.3) is 0 Å². The van der Waals surface area contributed by atoms with Crippen molar-refractivity contribution in [3.63, 3.8) is 0 Å². The van der Waals surface area contributed by atoms with Crippen LogP contribution in [0.5, 0.6) is 0 Å². The molecule has 0 aliphatic heterocycles. The van der Waals surface area contributed by atoms with Crippen molar-refractivity contribution in [1.82, 2.24) is 4.90 Å².